The molecule has 2 rings (SSSR count). The number of aryl methyl sites for hydroxylation is 1. The van der Waals surface area contributed by atoms with Gasteiger partial charge in [-0.1, -0.05) is 19.9 Å². The van der Waals surface area contributed by atoms with Gasteiger partial charge in [0.15, 0.2) is 5.58 Å². The van der Waals surface area contributed by atoms with Gasteiger partial charge < -0.3 is 15.1 Å². The number of fused-ring (bicyclic) bond motifs is 1. The van der Waals surface area contributed by atoms with Crippen LogP contribution in [0.2, 0.25) is 0 Å². The third-order valence-corrected chi connectivity index (χ3v) is 3.44. The lowest BCUT2D eigenvalue weighted by Gasteiger charge is -2.25. The summed E-state index contributed by atoms with van der Waals surface area (Å²) >= 11 is 0. The quantitative estimate of drug-likeness (QED) is 0.628. The van der Waals surface area contributed by atoms with Crippen molar-refractivity contribution in [1.29, 1.82) is 0 Å². The predicted octanol–water partition coefficient (Wildman–Crippen LogP) is 1.18. The maximum atomic E-state index is 11.5. The Labute approximate surface area is 112 Å². The molecule has 1 heterocycles. The van der Waals surface area contributed by atoms with Gasteiger partial charge >= 0.3 is 5.76 Å². The van der Waals surface area contributed by atoms with E-state index < -0.39 is 0 Å². The minimum atomic E-state index is -0.321. The van der Waals surface area contributed by atoms with Gasteiger partial charge in [-0.25, -0.2) is 4.79 Å². The van der Waals surface area contributed by atoms with Gasteiger partial charge in [0.1, 0.15) is 0 Å². The highest BCUT2D eigenvalue weighted by atomic mass is 16.4. The maximum absolute atomic E-state index is 11.5. The molecule has 2 aromatic rings. The van der Waals surface area contributed by atoms with Crippen LogP contribution in [0.1, 0.15) is 19.4 Å². The standard InChI is InChI=1S/C14H21N3O2/c1-14(2,8-16-9-15-3)10-5-6-11-12(7-10)19-13(18)17(11)4/h5-7,15-16H,8-9H2,1-4H3. The number of nitrogens with zero attached hydrogens (tertiary/aromatic N) is 1. The molecule has 0 aliphatic heterocycles. The van der Waals surface area contributed by atoms with Gasteiger partial charge in [0.05, 0.1) is 5.52 Å². The monoisotopic (exact) mass is 263 g/mol. The molecule has 0 unspecified atom stereocenters. The Morgan fingerprint density at radius 3 is 2.79 bits per heavy atom. The predicted molar refractivity (Wildman–Crippen MR) is 76.4 cm³/mol. The van der Waals surface area contributed by atoms with Crippen LogP contribution < -0.4 is 16.4 Å². The summed E-state index contributed by atoms with van der Waals surface area (Å²) in [5.41, 5.74) is 2.59. The second-order valence-electron chi connectivity index (χ2n) is 5.45. The molecule has 0 saturated heterocycles. The van der Waals surface area contributed by atoms with Crippen LogP contribution in [-0.2, 0) is 12.5 Å². The fourth-order valence-corrected chi connectivity index (χ4v) is 2.16. The minimum Gasteiger partial charge on any atom is -0.408 e. The number of hydrogen-bond acceptors (Lipinski definition) is 4. The molecular weight excluding hydrogens is 242 g/mol. The third kappa shape index (κ3) is 2.72. The van der Waals surface area contributed by atoms with E-state index in [1.165, 1.54) is 4.57 Å². The fraction of sp³-hybridized carbons (Fsp3) is 0.500. The van der Waals surface area contributed by atoms with Gasteiger partial charge in [-0.3, -0.25) is 4.57 Å². The van der Waals surface area contributed by atoms with Crippen LogP contribution in [-0.4, -0.2) is 24.8 Å². The van der Waals surface area contributed by atoms with Gasteiger partial charge in [0, 0.05) is 25.7 Å². The van der Waals surface area contributed by atoms with Gasteiger partial charge in [-0.2, -0.15) is 0 Å². The van der Waals surface area contributed by atoms with Crippen molar-refractivity contribution in [3.8, 4) is 0 Å². The second kappa shape index (κ2) is 5.19. The number of aromatic nitrogens is 1. The zero-order valence-corrected chi connectivity index (χ0v) is 11.9. The lowest BCUT2D eigenvalue weighted by atomic mass is 9.84. The van der Waals surface area contributed by atoms with E-state index in [4.69, 9.17) is 4.42 Å². The first-order valence-electron chi connectivity index (χ1n) is 6.41. The van der Waals surface area contributed by atoms with Crippen LogP contribution >= 0.6 is 0 Å². The average Bonchev–Trinajstić information content (AvgIpc) is 2.65. The Kier molecular flexibility index (Phi) is 3.78. The van der Waals surface area contributed by atoms with Crippen LogP contribution in [0, 0.1) is 0 Å². The highest BCUT2D eigenvalue weighted by Gasteiger charge is 2.21. The maximum Gasteiger partial charge on any atom is 0.419 e. The SMILES string of the molecule is CNCNCC(C)(C)c1ccc2c(c1)oc(=O)n2C. The summed E-state index contributed by atoms with van der Waals surface area (Å²) < 4.78 is 6.75. The van der Waals surface area contributed by atoms with Crippen molar-refractivity contribution < 1.29 is 4.42 Å². The topological polar surface area (TPSA) is 59.2 Å². The molecule has 2 N–H and O–H groups in total. The fourth-order valence-electron chi connectivity index (χ4n) is 2.16. The smallest absolute Gasteiger partial charge is 0.408 e. The van der Waals surface area contributed by atoms with E-state index in [-0.39, 0.29) is 11.2 Å². The molecule has 0 amide bonds. The molecule has 0 fully saturated rings. The molecule has 5 nitrogen and oxygen atoms in total. The third-order valence-electron chi connectivity index (χ3n) is 3.44. The molecule has 0 radical (unpaired) electrons. The molecule has 0 aliphatic carbocycles. The Balaban J connectivity index is 2.32. The van der Waals surface area contributed by atoms with Crippen molar-refractivity contribution in [2.24, 2.45) is 7.05 Å². The first-order chi connectivity index (χ1) is 8.95. The Morgan fingerprint density at radius 1 is 1.37 bits per heavy atom. The molecule has 0 bridgehead atoms. The molecule has 0 aliphatic rings. The summed E-state index contributed by atoms with van der Waals surface area (Å²) in [5, 5.41) is 6.39. The van der Waals surface area contributed by atoms with E-state index in [0.717, 1.165) is 24.3 Å². The van der Waals surface area contributed by atoms with Gasteiger partial charge in [-0.15, -0.1) is 0 Å². The van der Waals surface area contributed by atoms with E-state index in [0.29, 0.717) is 5.58 Å². The van der Waals surface area contributed by atoms with E-state index >= 15 is 0 Å². The normalized spacial score (nSPS) is 12.2. The van der Waals surface area contributed by atoms with E-state index in [2.05, 4.69) is 30.5 Å². The van der Waals surface area contributed by atoms with Gasteiger partial charge in [-0.05, 0) is 24.7 Å². The van der Waals surface area contributed by atoms with Crippen molar-refractivity contribution in [2.45, 2.75) is 19.3 Å². The largest absolute Gasteiger partial charge is 0.419 e. The number of oxazole rings is 1. The Morgan fingerprint density at radius 2 is 2.11 bits per heavy atom. The summed E-state index contributed by atoms with van der Waals surface area (Å²) in [5.74, 6) is -0.321. The zero-order chi connectivity index (χ0) is 14.0. The van der Waals surface area contributed by atoms with Crippen LogP contribution in [0.4, 0.5) is 0 Å². The molecule has 0 saturated carbocycles. The van der Waals surface area contributed by atoms with Crippen molar-refractivity contribution in [2.75, 3.05) is 20.3 Å². The average molecular weight is 263 g/mol. The number of hydrogen-bond donors (Lipinski definition) is 2. The summed E-state index contributed by atoms with van der Waals surface area (Å²) in [6.07, 6.45) is 0. The zero-order valence-electron chi connectivity index (χ0n) is 11.9. The van der Waals surface area contributed by atoms with E-state index in [9.17, 15) is 4.79 Å². The Hall–Kier alpha value is -1.59. The summed E-state index contributed by atoms with van der Waals surface area (Å²) in [4.78, 5) is 11.5. The molecule has 0 atom stereocenters. The first kappa shape index (κ1) is 13.8. The molecule has 5 heteroatoms. The number of nitrogens with one attached hydrogen (secondary N) is 2. The Bertz CT molecular complexity index is 625. The molecule has 1 aromatic carbocycles. The molecular formula is C14H21N3O2. The molecule has 19 heavy (non-hydrogen) atoms. The van der Waals surface area contributed by atoms with Crippen molar-refractivity contribution in [3.05, 3.63) is 34.3 Å². The summed E-state index contributed by atoms with van der Waals surface area (Å²) in [6.45, 7) is 5.94. The van der Waals surface area contributed by atoms with Crippen LogP contribution in [0.3, 0.4) is 0 Å². The number of benzene rings is 1. The number of rotatable bonds is 5. The first-order valence-corrected chi connectivity index (χ1v) is 6.41. The van der Waals surface area contributed by atoms with Crippen LogP contribution in [0.5, 0.6) is 0 Å². The summed E-state index contributed by atoms with van der Waals surface area (Å²) in [6, 6.07) is 5.95. The van der Waals surface area contributed by atoms with Gasteiger partial charge in [0.25, 0.3) is 0 Å². The van der Waals surface area contributed by atoms with E-state index in [1.807, 2.05) is 19.2 Å². The highest BCUT2D eigenvalue weighted by molar-refractivity contribution is 5.74. The molecule has 0 spiro atoms. The van der Waals surface area contributed by atoms with Crippen molar-refractivity contribution in [1.82, 2.24) is 15.2 Å². The highest BCUT2D eigenvalue weighted by Crippen LogP contribution is 2.25. The van der Waals surface area contributed by atoms with Crippen molar-refractivity contribution in [3.63, 3.8) is 0 Å². The van der Waals surface area contributed by atoms with Crippen LogP contribution in [0.25, 0.3) is 11.1 Å². The second-order valence-corrected chi connectivity index (χ2v) is 5.45. The van der Waals surface area contributed by atoms with E-state index in [1.54, 1.807) is 7.05 Å². The molecule has 104 valence electrons. The van der Waals surface area contributed by atoms with Gasteiger partial charge in [0.2, 0.25) is 0 Å². The van der Waals surface area contributed by atoms with Crippen LogP contribution in [0.15, 0.2) is 27.4 Å². The van der Waals surface area contributed by atoms with Crippen molar-refractivity contribution >= 4 is 11.1 Å². The summed E-state index contributed by atoms with van der Waals surface area (Å²) in [7, 11) is 3.62. The lowest BCUT2D eigenvalue weighted by Crippen LogP contribution is -2.37. The minimum absolute atomic E-state index is 0.0283. The lowest BCUT2D eigenvalue weighted by molar-refractivity contribution is 0.460. The molecule has 1 aromatic heterocycles.